The van der Waals surface area contributed by atoms with Crippen molar-refractivity contribution in [1.82, 2.24) is 0 Å². The molecule has 5 atom stereocenters. The molecule has 29 heavy (non-hydrogen) atoms. The second-order valence-electron chi connectivity index (χ2n) is 7.32. The van der Waals surface area contributed by atoms with Crippen LogP contribution in [0.5, 0.6) is 0 Å². The number of carbonyl (C=O) groups excluding carboxylic acids is 2. The Hall–Kier alpha value is -2.70. The molecule has 0 bridgehead atoms. The summed E-state index contributed by atoms with van der Waals surface area (Å²) in [4.78, 5) is 24.9. The lowest BCUT2D eigenvalue weighted by Gasteiger charge is -2.33. The zero-order chi connectivity index (χ0) is 20.4. The number of benzene rings is 2. The van der Waals surface area contributed by atoms with Gasteiger partial charge in [-0.25, -0.2) is 9.59 Å². The third-order valence-corrected chi connectivity index (χ3v) is 5.43. The van der Waals surface area contributed by atoms with Gasteiger partial charge in [-0.3, -0.25) is 0 Å². The molecule has 4 unspecified atom stereocenters. The molecule has 1 saturated carbocycles. The first kappa shape index (κ1) is 19.6. The highest BCUT2D eigenvalue weighted by atomic mass is 16.8. The van der Waals surface area contributed by atoms with Crippen molar-refractivity contribution in [2.24, 2.45) is 5.92 Å². The first-order valence-electron chi connectivity index (χ1n) is 9.89. The molecule has 1 heterocycles. The largest absolute Gasteiger partial charge is 0.456 e. The van der Waals surface area contributed by atoms with Crippen LogP contribution in [-0.4, -0.2) is 42.6 Å². The number of hydrogen-bond donors (Lipinski definition) is 0. The van der Waals surface area contributed by atoms with Crippen LogP contribution in [0.3, 0.4) is 0 Å². The topological polar surface area (TPSA) is 71.1 Å². The second-order valence-corrected chi connectivity index (χ2v) is 7.32. The molecule has 0 spiro atoms. The molecule has 2 aromatic carbocycles. The van der Waals surface area contributed by atoms with Crippen molar-refractivity contribution in [3.8, 4) is 0 Å². The number of rotatable bonds is 6. The highest BCUT2D eigenvalue weighted by Gasteiger charge is 2.74. The summed E-state index contributed by atoms with van der Waals surface area (Å²) < 4.78 is 23.4. The average molecular weight is 396 g/mol. The summed E-state index contributed by atoms with van der Waals surface area (Å²) in [6.07, 6.45) is -0.849. The average Bonchev–Trinajstić information content (AvgIpc) is 3.33. The molecule has 4 rings (SSSR count). The molecule has 0 N–H and O–H groups in total. The van der Waals surface area contributed by atoms with Gasteiger partial charge >= 0.3 is 11.9 Å². The maximum Gasteiger partial charge on any atom is 0.338 e. The van der Waals surface area contributed by atoms with E-state index in [1.54, 1.807) is 48.5 Å². The van der Waals surface area contributed by atoms with Gasteiger partial charge in [0.15, 0.2) is 6.10 Å². The summed E-state index contributed by atoms with van der Waals surface area (Å²) in [5, 5.41) is 0. The minimum atomic E-state index is -0.964. The highest BCUT2D eigenvalue weighted by molar-refractivity contribution is 5.90. The van der Waals surface area contributed by atoms with E-state index in [0.29, 0.717) is 24.2 Å². The Morgan fingerprint density at radius 3 is 2.07 bits per heavy atom. The van der Waals surface area contributed by atoms with Crippen LogP contribution >= 0.6 is 0 Å². The number of ether oxygens (including phenoxy) is 4. The normalized spacial score (nSPS) is 30.1. The number of carbonyl (C=O) groups is 2. The van der Waals surface area contributed by atoms with E-state index >= 15 is 0 Å². The Labute approximate surface area is 169 Å². The van der Waals surface area contributed by atoms with E-state index in [1.165, 1.54) is 0 Å². The van der Waals surface area contributed by atoms with E-state index in [4.69, 9.17) is 18.9 Å². The summed E-state index contributed by atoms with van der Waals surface area (Å²) >= 11 is 0. The van der Waals surface area contributed by atoms with Crippen LogP contribution in [0.4, 0.5) is 0 Å². The smallest absolute Gasteiger partial charge is 0.338 e. The number of hydrogen-bond acceptors (Lipinski definition) is 6. The van der Waals surface area contributed by atoms with Crippen LogP contribution in [0.1, 0.15) is 41.0 Å². The monoisotopic (exact) mass is 396 g/mol. The molecule has 1 saturated heterocycles. The van der Waals surface area contributed by atoms with Crippen molar-refractivity contribution in [2.75, 3.05) is 6.61 Å². The molecule has 2 aliphatic rings. The fourth-order valence-corrected chi connectivity index (χ4v) is 3.92. The molecule has 2 fully saturated rings. The van der Waals surface area contributed by atoms with Crippen molar-refractivity contribution in [3.05, 3.63) is 71.8 Å². The molecule has 2 aromatic rings. The van der Waals surface area contributed by atoms with Gasteiger partial charge in [0.2, 0.25) is 5.79 Å². The first-order chi connectivity index (χ1) is 14.0. The lowest BCUT2D eigenvalue weighted by atomic mass is 10.0. The van der Waals surface area contributed by atoms with Gasteiger partial charge in [-0.05, 0) is 44.5 Å². The van der Waals surface area contributed by atoms with E-state index in [2.05, 4.69) is 0 Å². The van der Waals surface area contributed by atoms with E-state index < -0.39 is 29.9 Å². The number of fused-ring (bicyclic) bond motifs is 1. The van der Waals surface area contributed by atoms with Gasteiger partial charge < -0.3 is 18.9 Å². The van der Waals surface area contributed by atoms with Crippen LogP contribution in [0.25, 0.3) is 0 Å². The summed E-state index contributed by atoms with van der Waals surface area (Å²) in [6.45, 7) is 4.14. The Morgan fingerprint density at radius 1 is 0.966 bits per heavy atom. The quantitative estimate of drug-likeness (QED) is 0.695. The molecule has 6 heteroatoms. The molecule has 0 radical (unpaired) electrons. The van der Waals surface area contributed by atoms with Crippen molar-refractivity contribution in [1.29, 1.82) is 0 Å². The fraction of sp³-hybridized carbons (Fsp3) is 0.391. The van der Waals surface area contributed by atoms with E-state index in [0.717, 1.165) is 0 Å². The van der Waals surface area contributed by atoms with Crippen molar-refractivity contribution < 1.29 is 28.5 Å². The van der Waals surface area contributed by atoms with Gasteiger partial charge in [0.05, 0.1) is 23.1 Å². The predicted octanol–water partition coefficient (Wildman–Crippen LogP) is 3.61. The zero-order valence-corrected chi connectivity index (χ0v) is 16.4. The van der Waals surface area contributed by atoms with Crippen molar-refractivity contribution in [2.45, 2.75) is 44.4 Å². The molecular weight excluding hydrogens is 372 g/mol. The minimum absolute atomic E-state index is 0.181. The standard InChI is InChI=1S/C23H24O6/c1-3-26-23-18(20(23)28-22(25)17-12-8-5-9-13-17)14-19(15(2)29-23)27-21(24)16-10-6-4-7-11-16/h4-13,15,18-20H,3,14H2,1-2H3/t15?,18?,19-,20?,23?/m1/s1. The molecule has 152 valence electrons. The van der Waals surface area contributed by atoms with E-state index in [-0.39, 0.29) is 12.0 Å². The van der Waals surface area contributed by atoms with Gasteiger partial charge in [-0.2, -0.15) is 0 Å². The van der Waals surface area contributed by atoms with Crippen LogP contribution in [0.15, 0.2) is 60.7 Å². The Morgan fingerprint density at radius 2 is 1.52 bits per heavy atom. The highest BCUT2D eigenvalue weighted by Crippen LogP contribution is 2.57. The third-order valence-electron chi connectivity index (χ3n) is 5.43. The van der Waals surface area contributed by atoms with Crippen molar-refractivity contribution in [3.63, 3.8) is 0 Å². The Balaban J connectivity index is 1.45. The van der Waals surface area contributed by atoms with Gasteiger partial charge in [0, 0.05) is 6.61 Å². The molecule has 1 aliphatic heterocycles. The van der Waals surface area contributed by atoms with Crippen LogP contribution in [-0.2, 0) is 18.9 Å². The summed E-state index contributed by atoms with van der Waals surface area (Å²) in [7, 11) is 0. The van der Waals surface area contributed by atoms with Crippen LogP contribution in [0, 0.1) is 5.92 Å². The van der Waals surface area contributed by atoms with Crippen LogP contribution in [0.2, 0.25) is 0 Å². The zero-order valence-electron chi connectivity index (χ0n) is 16.4. The lowest BCUT2D eigenvalue weighted by Crippen LogP contribution is -2.42. The van der Waals surface area contributed by atoms with Gasteiger partial charge in [0.25, 0.3) is 0 Å². The summed E-state index contributed by atoms with van der Waals surface area (Å²) in [5.74, 6) is -1.96. The summed E-state index contributed by atoms with van der Waals surface area (Å²) in [5.41, 5.74) is 0.965. The van der Waals surface area contributed by atoms with Gasteiger partial charge in [-0.1, -0.05) is 36.4 Å². The van der Waals surface area contributed by atoms with Gasteiger partial charge in [0.1, 0.15) is 6.10 Å². The first-order valence-corrected chi connectivity index (χ1v) is 9.89. The number of esters is 2. The molecular formula is C23H24O6. The second kappa shape index (κ2) is 7.97. The Bertz CT molecular complexity index is 867. The SMILES string of the molecule is CCOC12OC(C)[C@H](OC(=O)c3ccccc3)CC1C2OC(=O)c1ccccc1. The Kier molecular flexibility index (Phi) is 5.39. The third kappa shape index (κ3) is 3.78. The molecule has 0 amide bonds. The fourth-order valence-electron chi connectivity index (χ4n) is 3.92. The molecule has 6 nitrogen and oxygen atoms in total. The predicted molar refractivity (Wildman–Crippen MR) is 104 cm³/mol. The maximum atomic E-state index is 12.5. The van der Waals surface area contributed by atoms with E-state index in [9.17, 15) is 9.59 Å². The van der Waals surface area contributed by atoms with Crippen LogP contribution < -0.4 is 0 Å². The van der Waals surface area contributed by atoms with E-state index in [1.807, 2.05) is 26.0 Å². The van der Waals surface area contributed by atoms with Gasteiger partial charge in [-0.15, -0.1) is 0 Å². The molecule has 1 aliphatic carbocycles. The minimum Gasteiger partial charge on any atom is -0.456 e. The van der Waals surface area contributed by atoms with Crippen molar-refractivity contribution >= 4 is 11.9 Å². The summed E-state index contributed by atoms with van der Waals surface area (Å²) in [6, 6.07) is 17.7. The lowest BCUT2D eigenvalue weighted by molar-refractivity contribution is -0.245. The maximum absolute atomic E-state index is 12.5. The molecule has 0 aromatic heterocycles.